The molecule has 0 aliphatic rings. The molecule has 2 aromatic heterocycles. The zero-order valence-corrected chi connectivity index (χ0v) is 11.5. The average Bonchev–Trinajstić information content (AvgIpc) is 3.06. The molecule has 6 heteroatoms. The zero-order valence-electron chi connectivity index (χ0n) is 10.7. The molecule has 0 spiro atoms. The third-order valence-corrected chi connectivity index (χ3v) is 3.91. The van der Waals surface area contributed by atoms with Gasteiger partial charge in [-0.05, 0) is 17.7 Å². The topological polar surface area (TPSA) is 63.9 Å². The molecule has 0 unspecified atom stereocenters. The first-order chi connectivity index (χ1) is 9.69. The van der Waals surface area contributed by atoms with Gasteiger partial charge in [0.15, 0.2) is 5.82 Å². The molecular weight excluding hydrogens is 277 g/mol. The fourth-order valence-electron chi connectivity index (χ4n) is 2.00. The van der Waals surface area contributed by atoms with Crippen LogP contribution in [0.1, 0.15) is 0 Å². The molecule has 1 aromatic carbocycles. The monoisotopic (exact) mass is 289 g/mol. The summed E-state index contributed by atoms with van der Waals surface area (Å²) in [6.45, 7) is 0. The van der Waals surface area contributed by atoms with E-state index in [9.17, 15) is 4.39 Å². The van der Waals surface area contributed by atoms with E-state index in [2.05, 4.69) is 10.2 Å². The number of ether oxygens (including phenoxy) is 1. The minimum atomic E-state index is -0.282. The Morgan fingerprint density at radius 1 is 1.30 bits per heavy atom. The number of halogens is 1. The number of thiophene rings is 1. The summed E-state index contributed by atoms with van der Waals surface area (Å²) < 4.78 is 18.2. The van der Waals surface area contributed by atoms with Crippen molar-refractivity contribution in [1.29, 1.82) is 0 Å². The number of hydrogen-bond donors (Lipinski definition) is 2. The number of anilines is 1. The second-order valence-corrected chi connectivity index (χ2v) is 5.13. The fourth-order valence-corrected chi connectivity index (χ4v) is 2.86. The number of nitrogens with two attached hydrogens (primary N) is 1. The third kappa shape index (κ3) is 2.14. The van der Waals surface area contributed by atoms with Crippen LogP contribution in [-0.2, 0) is 0 Å². The number of aromatic nitrogens is 2. The molecule has 20 heavy (non-hydrogen) atoms. The molecular formula is C14H12FN3OS. The van der Waals surface area contributed by atoms with Gasteiger partial charge in [-0.3, -0.25) is 5.10 Å². The number of H-pyrrole nitrogens is 1. The number of benzene rings is 1. The van der Waals surface area contributed by atoms with Crippen LogP contribution in [0.25, 0.3) is 21.7 Å². The minimum absolute atomic E-state index is 0.282. The summed E-state index contributed by atoms with van der Waals surface area (Å²) in [5.74, 6) is 0.886. The van der Waals surface area contributed by atoms with Crippen LogP contribution in [0, 0.1) is 5.82 Å². The summed E-state index contributed by atoms with van der Waals surface area (Å²) in [7, 11) is 1.62. The van der Waals surface area contributed by atoms with Crippen LogP contribution in [0.5, 0.6) is 5.75 Å². The normalized spacial score (nSPS) is 10.7. The highest BCUT2D eigenvalue weighted by atomic mass is 32.1. The smallest absolute Gasteiger partial charge is 0.153 e. The van der Waals surface area contributed by atoms with Crippen molar-refractivity contribution in [3.63, 3.8) is 0 Å². The molecule has 0 radical (unpaired) electrons. The van der Waals surface area contributed by atoms with Gasteiger partial charge in [-0.15, -0.1) is 11.3 Å². The second-order valence-electron chi connectivity index (χ2n) is 4.22. The van der Waals surface area contributed by atoms with Crippen molar-refractivity contribution < 1.29 is 9.13 Å². The molecule has 0 saturated carbocycles. The lowest BCUT2D eigenvalue weighted by Gasteiger charge is -2.02. The maximum atomic E-state index is 13.0. The van der Waals surface area contributed by atoms with Gasteiger partial charge in [-0.25, -0.2) is 4.39 Å². The molecule has 0 aliphatic carbocycles. The molecule has 0 bridgehead atoms. The Morgan fingerprint density at radius 3 is 2.70 bits per heavy atom. The Morgan fingerprint density at radius 2 is 2.05 bits per heavy atom. The van der Waals surface area contributed by atoms with Crippen LogP contribution >= 0.6 is 11.3 Å². The molecule has 0 atom stereocenters. The van der Waals surface area contributed by atoms with E-state index >= 15 is 0 Å². The number of nitrogens with zero attached hydrogens (tertiary/aromatic N) is 1. The molecule has 4 nitrogen and oxygen atoms in total. The van der Waals surface area contributed by atoms with Crippen molar-refractivity contribution in [2.24, 2.45) is 0 Å². The van der Waals surface area contributed by atoms with Gasteiger partial charge in [0.2, 0.25) is 0 Å². The number of nitrogen functional groups attached to an aromatic ring is 1. The summed E-state index contributed by atoms with van der Waals surface area (Å²) in [6, 6.07) is 8.08. The first-order valence-electron chi connectivity index (χ1n) is 5.91. The molecule has 2 heterocycles. The summed E-state index contributed by atoms with van der Waals surface area (Å²) in [5.41, 5.74) is 8.33. The lowest BCUT2D eigenvalue weighted by atomic mass is 10.0. The molecule has 0 fully saturated rings. The van der Waals surface area contributed by atoms with E-state index in [4.69, 9.17) is 10.5 Å². The molecule has 0 aliphatic heterocycles. The van der Waals surface area contributed by atoms with Gasteiger partial charge in [0, 0.05) is 11.4 Å². The molecule has 102 valence electrons. The van der Waals surface area contributed by atoms with Crippen molar-refractivity contribution in [3.05, 3.63) is 41.5 Å². The Kier molecular flexibility index (Phi) is 3.15. The van der Waals surface area contributed by atoms with Gasteiger partial charge in [-0.2, -0.15) is 5.10 Å². The van der Waals surface area contributed by atoms with E-state index < -0.39 is 0 Å². The minimum Gasteiger partial charge on any atom is -0.496 e. The van der Waals surface area contributed by atoms with Crippen molar-refractivity contribution >= 4 is 17.2 Å². The van der Waals surface area contributed by atoms with Crippen LogP contribution in [-0.4, -0.2) is 17.3 Å². The van der Waals surface area contributed by atoms with E-state index in [1.165, 1.54) is 23.5 Å². The van der Waals surface area contributed by atoms with Gasteiger partial charge in [-0.1, -0.05) is 12.1 Å². The van der Waals surface area contributed by atoms with Crippen LogP contribution < -0.4 is 10.5 Å². The Labute approximate surface area is 119 Å². The van der Waals surface area contributed by atoms with Gasteiger partial charge in [0.05, 0.1) is 23.2 Å². The van der Waals surface area contributed by atoms with Crippen molar-refractivity contribution in [3.8, 4) is 27.4 Å². The number of nitrogens with one attached hydrogen (secondary N) is 1. The van der Waals surface area contributed by atoms with Gasteiger partial charge in [0.25, 0.3) is 0 Å². The molecule has 3 rings (SSSR count). The largest absolute Gasteiger partial charge is 0.496 e. The summed E-state index contributed by atoms with van der Waals surface area (Å²) in [4.78, 5) is 0.963. The van der Waals surface area contributed by atoms with Gasteiger partial charge < -0.3 is 10.5 Å². The fraction of sp³-hybridized carbons (Fsp3) is 0.0714. The van der Waals surface area contributed by atoms with Crippen molar-refractivity contribution in [2.75, 3.05) is 12.8 Å². The van der Waals surface area contributed by atoms with Crippen LogP contribution in [0.3, 0.4) is 0 Å². The first-order valence-corrected chi connectivity index (χ1v) is 6.79. The number of methoxy groups -OCH3 is 1. The Balaban J connectivity index is 2.11. The number of hydrogen-bond acceptors (Lipinski definition) is 4. The highest BCUT2D eigenvalue weighted by molar-refractivity contribution is 7.13. The predicted molar refractivity (Wildman–Crippen MR) is 78.3 cm³/mol. The SMILES string of the molecule is COc1csc(-c2[nH]nc(N)c2-c2ccc(F)cc2)c1. The van der Waals surface area contributed by atoms with Gasteiger partial charge in [0.1, 0.15) is 11.6 Å². The lowest BCUT2D eigenvalue weighted by molar-refractivity contribution is 0.417. The average molecular weight is 289 g/mol. The van der Waals surface area contributed by atoms with E-state index in [1.807, 2.05) is 11.4 Å². The highest BCUT2D eigenvalue weighted by Crippen LogP contribution is 2.38. The zero-order chi connectivity index (χ0) is 14.1. The van der Waals surface area contributed by atoms with E-state index in [0.29, 0.717) is 5.82 Å². The number of rotatable bonds is 3. The Hall–Kier alpha value is -2.34. The highest BCUT2D eigenvalue weighted by Gasteiger charge is 2.16. The third-order valence-electron chi connectivity index (χ3n) is 2.98. The summed E-state index contributed by atoms with van der Waals surface area (Å²) >= 11 is 1.53. The summed E-state index contributed by atoms with van der Waals surface area (Å²) in [6.07, 6.45) is 0. The molecule has 3 N–H and O–H groups in total. The quantitative estimate of drug-likeness (QED) is 0.775. The first kappa shape index (κ1) is 12.7. The predicted octanol–water partition coefficient (Wildman–Crippen LogP) is 3.54. The molecule has 3 aromatic rings. The van der Waals surface area contributed by atoms with E-state index in [1.54, 1.807) is 19.2 Å². The second kappa shape index (κ2) is 4.97. The van der Waals surface area contributed by atoms with Crippen LogP contribution in [0.15, 0.2) is 35.7 Å². The maximum Gasteiger partial charge on any atom is 0.153 e. The van der Waals surface area contributed by atoms with E-state index in [-0.39, 0.29) is 5.82 Å². The molecule has 0 saturated heterocycles. The van der Waals surface area contributed by atoms with Crippen LogP contribution in [0.2, 0.25) is 0 Å². The van der Waals surface area contributed by atoms with E-state index in [0.717, 1.165) is 27.4 Å². The maximum absolute atomic E-state index is 13.0. The lowest BCUT2D eigenvalue weighted by Crippen LogP contribution is -1.88. The Bertz CT molecular complexity index is 733. The van der Waals surface area contributed by atoms with Crippen LogP contribution in [0.4, 0.5) is 10.2 Å². The summed E-state index contributed by atoms with van der Waals surface area (Å²) in [5, 5.41) is 8.88. The van der Waals surface area contributed by atoms with Crippen molar-refractivity contribution in [2.45, 2.75) is 0 Å². The number of aromatic amines is 1. The molecule has 0 amide bonds. The standard InChI is InChI=1S/C14H12FN3OS/c1-19-10-6-11(20-7-10)13-12(14(16)18-17-13)8-2-4-9(15)5-3-8/h2-7H,1H3,(H3,16,17,18). The van der Waals surface area contributed by atoms with Crippen molar-refractivity contribution in [1.82, 2.24) is 10.2 Å². The van der Waals surface area contributed by atoms with Gasteiger partial charge >= 0.3 is 0 Å².